The molecule has 0 atom stereocenters. The Morgan fingerprint density at radius 2 is 1.34 bits per heavy atom. The maximum atomic E-state index is 6.11. The van der Waals surface area contributed by atoms with Crippen molar-refractivity contribution in [1.29, 1.82) is 0 Å². The third kappa shape index (κ3) is 5.88. The minimum atomic E-state index is 0.880. The second-order valence-corrected chi connectivity index (χ2v) is 15.7. The molecular weight excluding hydrogens is 727 g/mol. The summed E-state index contributed by atoms with van der Waals surface area (Å²) in [6, 6.07) is 55.8. The Labute approximate surface area is 340 Å². The van der Waals surface area contributed by atoms with Gasteiger partial charge in [-0.15, -0.1) is 11.3 Å². The molecule has 5 heteroatoms. The number of nitrogens with one attached hydrogen (secondary N) is 1. The summed E-state index contributed by atoms with van der Waals surface area (Å²) in [5, 5.41) is 8.37. The van der Waals surface area contributed by atoms with E-state index in [1.165, 1.54) is 36.9 Å². The number of furan rings is 1. The van der Waals surface area contributed by atoms with Crippen molar-refractivity contribution in [2.45, 2.75) is 0 Å². The molecule has 0 amide bonds. The van der Waals surface area contributed by atoms with Crippen molar-refractivity contribution in [1.82, 2.24) is 4.98 Å². The maximum Gasteiger partial charge on any atom is 0.135 e. The lowest BCUT2D eigenvalue weighted by Gasteiger charge is -2.25. The molecule has 1 N–H and O–H groups in total. The molecule has 0 unspecified atom stereocenters. The lowest BCUT2D eigenvalue weighted by Crippen LogP contribution is -2.11. The van der Waals surface area contributed by atoms with Crippen LogP contribution in [0.25, 0.3) is 81.1 Å². The molecule has 0 bridgehead atoms. The van der Waals surface area contributed by atoms with Gasteiger partial charge in [0.2, 0.25) is 0 Å². The van der Waals surface area contributed by atoms with Crippen LogP contribution in [0.1, 0.15) is 5.56 Å². The van der Waals surface area contributed by atoms with Crippen LogP contribution in [0.15, 0.2) is 206 Å². The summed E-state index contributed by atoms with van der Waals surface area (Å²) in [5.74, 6) is 0. The maximum absolute atomic E-state index is 6.11. The molecule has 0 fully saturated rings. The number of pyridine rings is 1. The first-order valence-corrected chi connectivity index (χ1v) is 20.2. The van der Waals surface area contributed by atoms with Gasteiger partial charge in [0.15, 0.2) is 0 Å². The summed E-state index contributed by atoms with van der Waals surface area (Å²) in [5.41, 5.74) is 14.8. The molecule has 58 heavy (non-hydrogen) atoms. The Bertz CT molecular complexity index is 3300. The number of allylic oxidation sites excluding steroid dienone is 4. The van der Waals surface area contributed by atoms with Crippen LogP contribution in [-0.4, -0.2) is 4.98 Å². The average molecular weight is 762 g/mol. The van der Waals surface area contributed by atoms with Crippen molar-refractivity contribution in [3.63, 3.8) is 0 Å². The highest BCUT2D eigenvalue weighted by atomic mass is 32.1. The molecule has 0 radical (unpaired) electrons. The number of hydrogen-bond acceptors (Lipinski definition) is 5. The Kier molecular flexibility index (Phi) is 8.12. The predicted molar refractivity (Wildman–Crippen MR) is 246 cm³/mol. The van der Waals surface area contributed by atoms with E-state index in [2.05, 4.69) is 187 Å². The van der Waals surface area contributed by atoms with Crippen molar-refractivity contribution in [2.24, 2.45) is 0 Å². The van der Waals surface area contributed by atoms with Crippen molar-refractivity contribution < 1.29 is 4.42 Å². The molecule has 11 rings (SSSR count). The van der Waals surface area contributed by atoms with Crippen LogP contribution in [0.2, 0.25) is 0 Å². The number of benzene rings is 7. The quantitative estimate of drug-likeness (QED) is 0.183. The third-order valence-electron chi connectivity index (χ3n) is 11.0. The smallest absolute Gasteiger partial charge is 0.135 e. The minimum Gasteiger partial charge on any atom is -0.456 e. The van der Waals surface area contributed by atoms with E-state index < -0.39 is 0 Å². The molecular formula is C53H35N3OS. The van der Waals surface area contributed by atoms with E-state index in [0.717, 1.165) is 72.5 Å². The van der Waals surface area contributed by atoms with E-state index in [1.807, 2.05) is 35.9 Å². The zero-order valence-electron chi connectivity index (χ0n) is 31.4. The summed E-state index contributed by atoms with van der Waals surface area (Å²) in [6.07, 6.45) is 12.2. The SMILES string of the molecule is C=C1/C=C\C=C/N(c2cncc(-c3ccc4oc5ccccc5c4c3)c2)c2ccc3c(sc4ccc(-c5cccc(Nc6ccccc6-c6ccccc6)c5)cc43)c21. The summed E-state index contributed by atoms with van der Waals surface area (Å²) in [6.45, 7) is 4.58. The van der Waals surface area contributed by atoms with E-state index in [-0.39, 0.29) is 0 Å². The van der Waals surface area contributed by atoms with E-state index in [0.29, 0.717) is 0 Å². The van der Waals surface area contributed by atoms with E-state index in [4.69, 9.17) is 9.40 Å². The number of thiophene rings is 1. The number of para-hydroxylation sites is 2. The van der Waals surface area contributed by atoms with Gasteiger partial charge in [-0.05, 0) is 94.6 Å². The molecule has 4 heterocycles. The summed E-state index contributed by atoms with van der Waals surface area (Å²) < 4.78 is 8.57. The molecule has 7 aromatic carbocycles. The van der Waals surface area contributed by atoms with Crippen LogP contribution in [0.3, 0.4) is 0 Å². The van der Waals surface area contributed by atoms with Gasteiger partial charge >= 0.3 is 0 Å². The second-order valence-electron chi connectivity index (χ2n) is 14.6. The number of aromatic nitrogens is 1. The van der Waals surface area contributed by atoms with Gasteiger partial charge in [-0.3, -0.25) is 4.98 Å². The lowest BCUT2D eigenvalue weighted by atomic mass is 9.97. The van der Waals surface area contributed by atoms with E-state index in [1.54, 1.807) is 0 Å². The van der Waals surface area contributed by atoms with Crippen LogP contribution in [0.4, 0.5) is 22.7 Å². The highest BCUT2D eigenvalue weighted by Gasteiger charge is 2.21. The van der Waals surface area contributed by atoms with Gasteiger partial charge in [0.25, 0.3) is 0 Å². The Hall–Kier alpha value is -7.47. The number of nitrogens with zero attached hydrogens (tertiary/aromatic N) is 2. The van der Waals surface area contributed by atoms with Gasteiger partial charge in [0.05, 0.1) is 17.6 Å². The molecule has 3 aromatic heterocycles. The first-order valence-electron chi connectivity index (χ1n) is 19.4. The summed E-state index contributed by atoms with van der Waals surface area (Å²) in [7, 11) is 0. The molecule has 0 aliphatic carbocycles. The standard InChI is InChI=1S/C53H35N3OS/c1-34-12-9-10-27-56(41-29-39(32-54-33-41)38-21-25-50-45(30-38)43-18-6-8-20-49(43)57-50)48-24-23-44-46-31-37(22-26-51(46)58-53(44)52(34)48)36-15-11-16-40(28-36)55-47-19-7-5-17-42(47)35-13-3-2-4-14-35/h2-33,55H,1H2/b12-9-,27-10-. The van der Waals surface area contributed by atoms with Gasteiger partial charge in [-0.25, -0.2) is 0 Å². The molecule has 0 saturated carbocycles. The number of anilines is 4. The highest BCUT2D eigenvalue weighted by Crippen LogP contribution is 2.46. The molecule has 1 aliphatic rings. The Morgan fingerprint density at radius 1 is 0.569 bits per heavy atom. The number of hydrogen-bond donors (Lipinski definition) is 1. The minimum absolute atomic E-state index is 0.880. The molecule has 10 aromatic rings. The van der Waals surface area contributed by atoms with Gasteiger partial charge in [-0.2, -0.15) is 0 Å². The fourth-order valence-corrected chi connectivity index (χ4v) is 9.49. The molecule has 274 valence electrons. The molecule has 0 spiro atoms. The van der Waals surface area contributed by atoms with Gasteiger partial charge in [0, 0.05) is 71.4 Å². The second kappa shape index (κ2) is 13.9. The lowest BCUT2D eigenvalue weighted by molar-refractivity contribution is 0.669. The van der Waals surface area contributed by atoms with Gasteiger partial charge < -0.3 is 14.6 Å². The third-order valence-corrected chi connectivity index (χ3v) is 12.2. The number of rotatable bonds is 6. The van der Waals surface area contributed by atoms with Crippen molar-refractivity contribution in [3.05, 3.63) is 207 Å². The van der Waals surface area contributed by atoms with Crippen molar-refractivity contribution in [3.8, 4) is 33.4 Å². The fourth-order valence-electron chi connectivity index (χ4n) is 8.23. The van der Waals surface area contributed by atoms with Crippen LogP contribution < -0.4 is 10.2 Å². The van der Waals surface area contributed by atoms with Crippen LogP contribution in [-0.2, 0) is 0 Å². The van der Waals surface area contributed by atoms with Crippen molar-refractivity contribution in [2.75, 3.05) is 10.2 Å². The van der Waals surface area contributed by atoms with Gasteiger partial charge in [0.1, 0.15) is 11.2 Å². The van der Waals surface area contributed by atoms with E-state index in [9.17, 15) is 0 Å². The first-order chi connectivity index (χ1) is 28.6. The van der Waals surface area contributed by atoms with Crippen LogP contribution in [0.5, 0.6) is 0 Å². The predicted octanol–water partition coefficient (Wildman–Crippen LogP) is 15.3. The number of fused-ring (bicyclic) bond motifs is 8. The normalized spacial score (nSPS) is 13.8. The largest absolute Gasteiger partial charge is 0.456 e. The molecule has 4 nitrogen and oxygen atoms in total. The summed E-state index contributed by atoms with van der Waals surface area (Å²) in [4.78, 5) is 6.99. The Morgan fingerprint density at radius 3 is 2.29 bits per heavy atom. The average Bonchev–Trinajstić information content (AvgIpc) is 3.83. The molecule has 1 aliphatic heterocycles. The topological polar surface area (TPSA) is 41.3 Å². The van der Waals surface area contributed by atoms with Crippen LogP contribution >= 0.6 is 11.3 Å². The Balaban J connectivity index is 0.961. The zero-order chi connectivity index (χ0) is 38.6. The van der Waals surface area contributed by atoms with Gasteiger partial charge in [-0.1, -0.05) is 116 Å². The van der Waals surface area contributed by atoms with E-state index >= 15 is 0 Å². The first kappa shape index (κ1) is 33.8. The highest BCUT2D eigenvalue weighted by molar-refractivity contribution is 7.26. The molecule has 0 saturated heterocycles. The fraction of sp³-hybridized carbons (Fsp3) is 0. The van der Waals surface area contributed by atoms with Crippen LogP contribution in [0, 0.1) is 0 Å². The monoisotopic (exact) mass is 761 g/mol. The van der Waals surface area contributed by atoms with Crippen molar-refractivity contribution >= 4 is 81.8 Å². The zero-order valence-corrected chi connectivity index (χ0v) is 32.2. The summed E-state index contributed by atoms with van der Waals surface area (Å²) >= 11 is 1.82.